The van der Waals surface area contributed by atoms with E-state index in [-0.39, 0.29) is 17.2 Å². The predicted molar refractivity (Wildman–Crippen MR) is 99.2 cm³/mol. The number of amides is 2. The summed E-state index contributed by atoms with van der Waals surface area (Å²) in [4.78, 5) is 29.4. The number of halogens is 1. The lowest BCUT2D eigenvalue weighted by Gasteiger charge is -2.27. The molecule has 0 saturated carbocycles. The van der Waals surface area contributed by atoms with Crippen molar-refractivity contribution in [3.8, 4) is 0 Å². The maximum atomic E-state index is 13.4. The van der Waals surface area contributed by atoms with Crippen LogP contribution >= 0.6 is 23.1 Å². The van der Waals surface area contributed by atoms with Crippen molar-refractivity contribution in [3.05, 3.63) is 58.0 Å². The molecule has 3 rings (SSSR count). The molecule has 0 bridgehead atoms. The van der Waals surface area contributed by atoms with E-state index >= 15 is 0 Å². The van der Waals surface area contributed by atoms with Crippen LogP contribution in [0.4, 0.5) is 4.39 Å². The molecule has 4 nitrogen and oxygen atoms in total. The van der Waals surface area contributed by atoms with E-state index in [1.807, 2.05) is 29.3 Å². The highest BCUT2D eigenvalue weighted by atomic mass is 32.2. The van der Waals surface area contributed by atoms with Gasteiger partial charge in [0, 0.05) is 30.1 Å². The Hall–Kier alpha value is -1.86. The van der Waals surface area contributed by atoms with Gasteiger partial charge in [0.1, 0.15) is 11.2 Å². The normalized spacial score (nSPS) is 17.1. The van der Waals surface area contributed by atoms with Crippen LogP contribution in [0.25, 0.3) is 0 Å². The van der Waals surface area contributed by atoms with Crippen LogP contribution in [0, 0.1) is 5.82 Å². The average Bonchev–Trinajstić information content (AvgIpc) is 3.25. The summed E-state index contributed by atoms with van der Waals surface area (Å²) in [7, 11) is 0. The van der Waals surface area contributed by atoms with Gasteiger partial charge in [0.2, 0.25) is 5.91 Å². The summed E-state index contributed by atoms with van der Waals surface area (Å²) >= 11 is 3.25. The Kier molecular flexibility index (Phi) is 5.75. The van der Waals surface area contributed by atoms with Gasteiger partial charge in [0.25, 0.3) is 5.91 Å². The Bertz CT molecular complexity index is 751. The molecule has 0 radical (unpaired) electrons. The lowest BCUT2D eigenvalue weighted by atomic mass is 10.2. The van der Waals surface area contributed by atoms with Gasteiger partial charge >= 0.3 is 0 Å². The van der Waals surface area contributed by atoms with Gasteiger partial charge in [-0.3, -0.25) is 9.59 Å². The third-order valence-electron chi connectivity index (χ3n) is 4.11. The molecular weight excluding hydrogens is 359 g/mol. The molecule has 0 N–H and O–H groups in total. The van der Waals surface area contributed by atoms with Crippen molar-refractivity contribution in [2.75, 3.05) is 25.4 Å². The zero-order valence-corrected chi connectivity index (χ0v) is 15.5. The second-order valence-electron chi connectivity index (χ2n) is 5.66. The smallest absolute Gasteiger partial charge is 0.254 e. The lowest BCUT2D eigenvalue weighted by Crippen LogP contribution is -2.40. The molecule has 1 aromatic carbocycles. The van der Waals surface area contributed by atoms with Crippen LogP contribution in [0.3, 0.4) is 0 Å². The van der Waals surface area contributed by atoms with E-state index in [0.717, 1.165) is 4.88 Å². The molecule has 0 spiro atoms. The highest BCUT2D eigenvalue weighted by Crippen LogP contribution is 2.40. The minimum atomic E-state index is -0.425. The highest BCUT2D eigenvalue weighted by molar-refractivity contribution is 8.00. The maximum Gasteiger partial charge on any atom is 0.254 e. The van der Waals surface area contributed by atoms with Gasteiger partial charge in [-0.25, -0.2) is 4.39 Å². The standard InChI is InChI=1S/C18H19FN2O2S2/c1-2-20(17(23)13-5-3-6-14(19)11-13)8-9-21-16(22)12-25-18(21)15-7-4-10-24-15/h3-7,10-11,18H,2,8-9,12H2,1H3/t18-/m0/s1. The number of hydrogen-bond donors (Lipinski definition) is 0. The minimum absolute atomic E-state index is 0.0236. The largest absolute Gasteiger partial charge is 0.337 e. The first-order valence-corrected chi connectivity index (χ1v) is 10.0. The van der Waals surface area contributed by atoms with Crippen molar-refractivity contribution < 1.29 is 14.0 Å². The van der Waals surface area contributed by atoms with Crippen molar-refractivity contribution in [3.63, 3.8) is 0 Å². The number of thioether (sulfide) groups is 1. The zero-order chi connectivity index (χ0) is 17.8. The molecule has 7 heteroatoms. The SMILES string of the molecule is CCN(CCN1C(=O)CS[C@H]1c1cccs1)C(=O)c1cccc(F)c1. The van der Waals surface area contributed by atoms with Gasteiger partial charge in [-0.1, -0.05) is 12.1 Å². The number of hydrogen-bond acceptors (Lipinski definition) is 4. The minimum Gasteiger partial charge on any atom is -0.337 e. The molecular formula is C18H19FN2O2S2. The van der Waals surface area contributed by atoms with Crippen molar-refractivity contribution in [1.29, 1.82) is 0 Å². The predicted octanol–water partition coefficient (Wildman–Crippen LogP) is 3.62. The Balaban J connectivity index is 1.67. The fourth-order valence-corrected chi connectivity index (χ4v) is 5.00. The summed E-state index contributed by atoms with van der Waals surface area (Å²) < 4.78 is 13.4. The average molecular weight is 378 g/mol. The molecule has 1 saturated heterocycles. The topological polar surface area (TPSA) is 40.6 Å². The van der Waals surface area contributed by atoms with E-state index in [2.05, 4.69) is 0 Å². The Morgan fingerprint density at radius 1 is 1.36 bits per heavy atom. The molecule has 1 aromatic heterocycles. The number of carbonyl (C=O) groups excluding carboxylic acids is 2. The van der Waals surface area contributed by atoms with E-state index in [1.54, 1.807) is 34.1 Å². The Labute approximate surface area is 154 Å². The molecule has 0 unspecified atom stereocenters. The van der Waals surface area contributed by atoms with Gasteiger partial charge in [-0.05, 0) is 36.6 Å². The number of likely N-dealkylation sites (N-methyl/N-ethyl adjacent to an activating group) is 1. The van der Waals surface area contributed by atoms with Crippen LogP contribution in [0.15, 0.2) is 41.8 Å². The first kappa shape index (κ1) is 17.9. The molecule has 132 valence electrons. The molecule has 2 aromatic rings. The molecule has 1 aliphatic heterocycles. The first-order valence-electron chi connectivity index (χ1n) is 8.09. The molecule has 1 atom stereocenters. The first-order chi connectivity index (χ1) is 12.1. The number of benzene rings is 1. The molecule has 0 aliphatic carbocycles. The maximum absolute atomic E-state index is 13.4. The van der Waals surface area contributed by atoms with E-state index in [9.17, 15) is 14.0 Å². The monoisotopic (exact) mass is 378 g/mol. The van der Waals surface area contributed by atoms with Gasteiger partial charge in [0.05, 0.1) is 5.75 Å². The Morgan fingerprint density at radius 2 is 2.20 bits per heavy atom. The second-order valence-corrected chi connectivity index (χ2v) is 7.71. The van der Waals surface area contributed by atoms with Crippen LogP contribution in [0.2, 0.25) is 0 Å². The molecule has 25 heavy (non-hydrogen) atoms. The van der Waals surface area contributed by atoms with Gasteiger partial charge in [-0.2, -0.15) is 0 Å². The number of thiophene rings is 1. The van der Waals surface area contributed by atoms with Gasteiger partial charge < -0.3 is 9.80 Å². The fraction of sp³-hybridized carbons (Fsp3) is 0.333. The van der Waals surface area contributed by atoms with E-state index in [4.69, 9.17) is 0 Å². The van der Waals surface area contributed by atoms with Crippen molar-refractivity contribution in [2.45, 2.75) is 12.3 Å². The van der Waals surface area contributed by atoms with E-state index in [1.165, 1.54) is 18.2 Å². The summed E-state index contributed by atoms with van der Waals surface area (Å²) in [6, 6.07) is 9.72. The summed E-state index contributed by atoms with van der Waals surface area (Å²) in [5.74, 6) is -0.0792. The quantitative estimate of drug-likeness (QED) is 0.771. The summed E-state index contributed by atoms with van der Waals surface area (Å²) in [5, 5.41) is 2.03. The second kappa shape index (κ2) is 8.01. The third kappa shape index (κ3) is 4.04. The van der Waals surface area contributed by atoms with E-state index in [0.29, 0.717) is 31.0 Å². The van der Waals surface area contributed by atoms with Gasteiger partial charge in [-0.15, -0.1) is 23.1 Å². The fourth-order valence-electron chi connectivity index (χ4n) is 2.80. The van der Waals surface area contributed by atoms with Gasteiger partial charge in [0.15, 0.2) is 0 Å². The van der Waals surface area contributed by atoms with Crippen molar-refractivity contribution in [1.82, 2.24) is 9.80 Å². The molecule has 1 fully saturated rings. The number of nitrogens with zero attached hydrogens (tertiary/aromatic N) is 2. The Morgan fingerprint density at radius 3 is 2.88 bits per heavy atom. The number of rotatable bonds is 6. The summed E-state index contributed by atoms with van der Waals surface area (Å²) in [6.45, 7) is 3.30. The van der Waals surface area contributed by atoms with Crippen molar-refractivity contribution in [2.24, 2.45) is 0 Å². The van der Waals surface area contributed by atoms with Crippen molar-refractivity contribution >= 4 is 34.9 Å². The molecule has 2 amide bonds. The summed E-state index contributed by atoms with van der Waals surface area (Å²) in [5.41, 5.74) is 0.332. The van der Waals surface area contributed by atoms with Crippen LogP contribution < -0.4 is 0 Å². The molecule has 2 heterocycles. The third-order valence-corrected chi connectivity index (χ3v) is 6.42. The zero-order valence-electron chi connectivity index (χ0n) is 13.9. The van der Waals surface area contributed by atoms with Crippen LogP contribution in [-0.4, -0.2) is 47.0 Å². The van der Waals surface area contributed by atoms with Crippen LogP contribution in [0.5, 0.6) is 0 Å². The van der Waals surface area contributed by atoms with Crippen LogP contribution in [0.1, 0.15) is 27.5 Å². The van der Waals surface area contributed by atoms with Crippen LogP contribution in [-0.2, 0) is 4.79 Å². The number of carbonyl (C=O) groups is 2. The van der Waals surface area contributed by atoms with E-state index < -0.39 is 5.82 Å². The summed E-state index contributed by atoms with van der Waals surface area (Å²) in [6.07, 6.45) is 0. The molecule has 1 aliphatic rings. The lowest BCUT2D eigenvalue weighted by molar-refractivity contribution is -0.128. The highest BCUT2D eigenvalue weighted by Gasteiger charge is 2.33.